The summed E-state index contributed by atoms with van der Waals surface area (Å²) in [6.45, 7) is 0. The molecule has 1 aromatic heterocycles. The van der Waals surface area contributed by atoms with Crippen LogP contribution in [-0.4, -0.2) is 23.6 Å². The summed E-state index contributed by atoms with van der Waals surface area (Å²) in [7, 11) is -4.61. The van der Waals surface area contributed by atoms with Crippen molar-refractivity contribution in [1.29, 1.82) is 0 Å². The van der Waals surface area contributed by atoms with E-state index < -0.39 is 49.7 Å². The lowest BCUT2D eigenvalue weighted by molar-refractivity contribution is -0.137. The first-order chi connectivity index (χ1) is 12.9. The number of alkyl halides is 3. The zero-order valence-electron chi connectivity index (χ0n) is 13.4. The molecule has 28 heavy (non-hydrogen) atoms. The van der Waals surface area contributed by atoms with Crippen molar-refractivity contribution in [3.63, 3.8) is 0 Å². The van der Waals surface area contributed by atoms with Gasteiger partial charge in [0.2, 0.25) is 0 Å². The molecule has 0 radical (unpaired) electrons. The lowest BCUT2D eigenvalue weighted by Gasteiger charge is -2.13. The Hall–Kier alpha value is -3.22. The zero-order valence-corrected chi connectivity index (χ0v) is 14.3. The first kappa shape index (κ1) is 19.5. The molecule has 0 aliphatic carbocycles. The van der Waals surface area contributed by atoms with Crippen molar-refractivity contribution in [3.05, 3.63) is 64.1 Å². The molecular formula is C15H9F5N4O3S. The van der Waals surface area contributed by atoms with Crippen LogP contribution in [-0.2, 0) is 16.2 Å². The number of nitrogens with zero attached hydrogens (tertiary/aromatic N) is 1. The average Bonchev–Trinajstić information content (AvgIpc) is 2.99. The van der Waals surface area contributed by atoms with Crippen molar-refractivity contribution in [2.75, 3.05) is 4.72 Å². The van der Waals surface area contributed by atoms with E-state index in [1.54, 1.807) is 0 Å². The summed E-state index contributed by atoms with van der Waals surface area (Å²) >= 11 is 0. The van der Waals surface area contributed by atoms with Crippen LogP contribution in [0.25, 0.3) is 11.4 Å². The summed E-state index contributed by atoms with van der Waals surface area (Å²) in [5.41, 5.74) is -2.84. The fourth-order valence-corrected chi connectivity index (χ4v) is 3.37. The lowest BCUT2D eigenvalue weighted by atomic mass is 10.1. The van der Waals surface area contributed by atoms with E-state index in [9.17, 15) is 35.2 Å². The summed E-state index contributed by atoms with van der Waals surface area (Å²) in [6.07, 6.45) is -4.85. The number of hydrogen-bond acceptors (Lipinski definition) is 4. The molecule has 0 saturated heterocycles. The van der Waals surface area contributed by atoms with E-state index >= 15 is 0 Å². The van der Waals surface area contributed by atoms with Gasteiger partial charge in [-0.1, -0.05) is 0 Å². The van der Waals surface area contributed by atoms with E-state index in [0.29, 0.717) is 30.3 Å². The van der Waals surface area contributed by atoms with E-state index in [1.165, 1.54) is 0 Å². The molecule has 0 aliphatic heterocycles. The lowest BCUT2D eigenvalue weighted by Crippen LogP contribution is -2.15. The molecule has 0 unspecified atom stereocenters. The fourth-order valence-electron chi connectivity index (χ4n) is 2.29. The van der Waals surface area contributed by atoms with Gasteiger partial charge in [0.15, 0.2) is 5.82 Å². The third kappa shape index (κ3) is 4.19. The van der Waals surface area contributed by atoms with Crippen LogP contribution in [0.3, 0.4) is 0 Å². The maximum atomic E-state index is 13.3. The van der Waals surface area contributed by atoms with Crippen LogP contribution in [0.4, 0.5) is 27.6 Å². The Morgan fingerprint density at radius 2 is 1.61 bits per heavy atom. The van der Waals surface area contributed by atoms with Gasteiger partial charge < -0.3 is 0 Å². The Morgan fingerprint density at radius 1 is 0.964 bits per heavy atom. The Morgan fingerprint density at radius 3 is 2.14 bits per heavy atom. The van der Waals surface area contributed by atoms with Gasteiger partial charge in [-0.05, 0) is 30.3 Å². The molecule has 3 rings (SSSR count). The van der Waals surface area contributed by atoms with Gasteiger partial charge in [-0.3, -0.25) is 9.71 Å². The van der Waals surface area contributed by atoms with Crippen LogP contribution in [0.1, 0.15) is 5.56 Å². The minimum atomic E-state index is -4.85. The van der Waals surface area contributed by atoms with Crippen molar-refractivity contribution in [1.82, 2.24) is 15.2 Å². The molecule has 7 nitrogen and oxygen atoms in total. The maximum absolute atomic E-state index is 13.3. The normalized spacial score (nSPS) is 12.2. The molecule has 1 heterocycles. The molecule has 0 saturated carbocycles. The van der Waals surface area contributed by atoms with E-state index in [4.69, 9.17) is 0 Å². The predicted molar refractivity (Wildman–Crippen MR) is 86.8 cm³/mol. The Labute approximate surface area is 153 Å². The van der Waals surface area contributed by atoms with Crippen LogP contribution in [0.15, 0.2) is 46.1 Å². The zero-order chi connectivity index (χ0) is 20.7. The van der Waals surface area contributed by atoms with E-state index in [0.717, 1.165) is 6.07 Å². The molecule has 0 fully saturated rings. The molecule has 2 aromatic carbocycles. The largest absolute Gasteiger partial charge is 0.416 e. The van der Waals surface area contributed by atoms with Crippen molar-refractivity contribution >= 4 is 15.7 Å². The fraction of sp³-hybridized carbons (Fsp3) is 0.0667. The summed E-state index contributed by atoms with van der Waals surface area (Å²) in [6, 6.07) is 3.55. The van der Waals surface area contributed by atoms with Gasteiger partial charge in [0.25, 0.3) is 10.0 Å². The highest BCUT2D eigenvalue weighted by atomic mass is 32.2. The number of anilines is 1. The Bertz CT molecular complexity index is 1180. The van der Waals surface area contributed by atoms with Crippen LogP contribution < -0.4 is 10.4 Å². The Kier molecular flexibility index (Phi) is 4.71. The maximum Gasteiger partial charge on any atom is 0.416 e. The number of benzene rings is 2. The molecule has 3 N–H and O–H groups in total. The van der Waals surface area contributed by atoms with Gasteiger partial charge in [0.05, 0.1) is 16.1 Å². The molecule has 0 amide bonds. The first-order valence-corrected chi connectivity index (χ1v) is 8.79. The predicted octanol–water partition coefficient (Wildman–Crippen LogP) is 2.86. The van der Waals surface area contributed by atoms with Crippen LogP contribution in [0.5, 0.6) is 0 Å². The molecular weight excluding hydrogens is 411 g/mol. The van der Waals surface area contributed by atoms with Gasteiger partial charge in [0.1, 0.15) is 11.6 Å². The highest BCUT2D eigenvalue weighted by Gasteiger charge is 2.32. The molecule has 0 bridgehead atoms. The first-order valence-electron chi connectivity index (χ1n) is 7.30. The second kappa shape index (κ2) is 6.74. The third-order valence-electron chi connectivity index (χ3n) is 3.43. The van der Waals surface area contributed by atoms with Gasteiger partial charge in [-0.25, -0.2) is 27.1 Å². The second-order valence-corrected chi connectivity index (χ2v) is 7.22. The number of rotatable bonds is 4. The number of aromatic amines is 2. The van der Waals surface area contributed by atoms with Gasteiger partial charge in [-0.15, -0.1) is 0 Å². The van der Waals surface area contributed by atoms with Gasteiger partial charge in [-0.2, -0.15) is 18.3 Å². The van der Waals surface area contributed by atoms with Crippen LogP contribution in [0, 0.1) is 11.6 Å². The van der Waals surface area contributed by atoms with Gasteiger partial charge >= 0.3 is 11.9 Å². The summed E-state index contributed by atoms with van der Waals surface area (Å²) in [5.74, 6) is -2.63. The van der Waals surface area contributed by atoms with Gasteiger partial charge in [0, 0.05) is 11.6 Å². The number of H-pyrrole nitrogens is 2. The van der Waals surface area contributed by atoms with E-state index in [1.807, 2.05) is 9.82 Å². The quantitative estimate of drug-likeness (QED) is 0.564. The Balaban J connectivity index is 2.09. The molecule has 3 aromatic rings. The number of halogens is 5. The standard InChI is InChI=1S/C15H9F5N4O3S/c16-9-4-10(17)6-12(5-9)28(26,27)24-11-2-7(13-21-14(25)23-22-13)1-8(3-11)15(18,19)20/h1-6,24H,(H2,21,22,23,25). The number of sulfonamides is 1. The monoisotopic (exact) mass is 420 g/mol. The third-order valence-corrected chi connectivity index (χ3v) is 4.79. The second-order valence-electron chi connectivity index (χ2n) is 5.53. The van der Waals surface area contributed by atoms with Crippen molar-refractivity contribution in [2.24, 2.45) is 0 Å². The topological polar surface area (TPSA) is 108 Å². The van der Waals surface area contributed by atoms with Crippen molar-refractivity contribution in [2.45, 2.75) is 11.1 Å². The number of aromatic nitrogens is 3. The highest BCUT2D eigenvalue weighted by molar-refractivity contribution is 7.92. The highest BCUT2D eigenvalue weighted by Crippen LogP contribution is 2.34. The van der Waals surface area contributed by atoms with Crippen molar-refractivity contribution < 1.29 is 30.4 Å². The summed E-state index contributed by atoms with van der Waals surface area (Å²) < 4.78 is 92.5. The minimum Gasteiger partial charge on any atom is -0.289 e. The number of hydrogen-bond donors (Lipinski definition) is 3. The van der Waals surface area contributed by atoms with Crippen LogP contribution in [0.2, 0.25) is 0 Å². The van der Waals surface area contributed by atoms with Crippen LogP contribution >= 0.6 is 0 Å². The summed E-state index contributed by atoms with van der Waals surface area (Å²) in [4.78, 5) is 12.4. The molecule has 13 heteroatoms. The molecule has 0 aliphatic rings. The molecule has 0 spiro atoms. The molecule has 0 atom stereocenters. The van der Waals surface area contributed by atoms with E-state index in [2.05, 4.69) is 10.1 Å². The van der Waals surface area contributed by atoms with E-state index in [-0.39, 0.29) is 11.4 Å². The smallest absolute Gasteiger partial charge is 0.289 e. The SMILES string of the molecule is O=c1[nH]nc(-c2cc(NS(=O)(=O)c3cc(F)cc(F)c3)cc(C(F)(F)F)c2)[nH]1. The molecule has 148 valence electrons. The number of nitrogens with one attached hydrogen (secondary N) is 3. The minimum absolute atomic E-state index is 0.253. The summed E-state index contributed by atoms with van der Waals surface area (Å²) in [5, 5.41) is 5.46. The van der Waals surface area contributed by atoms with Crippen molar-refractivity contribution in [3.8, 4) is 11.4 Å². The average molecular weight is 420 g/mol.